The van der Waals surface area contributed by atoms with Crippen LogP contribution in [0.2, 0.25) is 0 Å². The molecule has 0 radical (unpaired) electrons. The molecule has 3 aromatic heterocycles. The fourth-order valence-electron chi connectivity index (χ4n) is 5.32. The van der Waals surface area contributed by atoms with E-state index in [1.807, 2.05) is 24.7 Å². The number of aromatic nitrogens is 5. The summed E-state index contributed by atoms with van der Waals surface area (Å²) in [6.07, 6.45) is 5.79. The van der Waals surface area contributed by atoms with Gasteiger partial charge in [0, 0.05) is 42.9 Å². The van der Waals surface area contributed by atoms with E-state index in [-0.39, 0.29) is 0 Å². The minimum absolute atomic E-state index is 0.336. The van der Waals surface area contributed by atoms with Crippen molar-refractivity contribution in [2.45, 2.75) is 30.3 Å². The normalized spacial score (nSPS) is 22.5. The standard InChI is InChI=1S/C24H26N6OS/c1-16-21(31-15-26-16)22-27-28-23(29(22)2)32-11-5-10-30-13-17-12-24(17,14-30)19-7-3-8-20-18(19)6-4-9-25-20/h3-4,6-9,15,17H,5,10-14H2,1-2H3/t17-,24-/m0/s1. The molecule has 0 spiro atoms. The number of benzene rings is 1. The summed E-state index contributed by atoms with van der Waals surface area (Å²) in [7, 11) is 1.98. The largest absolute Gasteiger partial charge is 0.440 e. The highest BCUT2D eigenvalue weighted by atomic mass is 32.2. The first-order chi connectivity index (χ1) is 15.7. The Kier molecular flexibility index (Phi) is 4.80. The quantitative estimate of drug-likeness (QED) is 0.313. The summed E-state index contributed by atoms with van der Waals surface area (Å²) in [4.78, 5) is 11.4. The van der Waals surface area contributed by atoms with Crippen LogP contribution in [-0.2, 0) is 12.5 Å². The molecular formula is C24H26N6OS. The molecule has 2 aliphatic rings. The molecule has 4 aromatic rings. The predicted octanol–water partition coefficient (Wildman–Crippen LogP) is 4.08. The molecule has 164 valence electrons. The highest BCUT2D eigenvalue weighted by molar-refractivity contribution is 7.99. The van der Waals surface area contributed by atoms with Gasteiger partial charge in [-0.05, 0) is 49.9 Å². The maximum atomic E-state index is 5.47. The Balaban J connectivity index is 1.06. The van der Waals surface area contributed by atoms with Crippen molar-refractivity contribution in [1.29, 1.82) is 0 Å². The minimum atomic E-state index is 0.336. The van der Waals surface area contributed by atoms with E-state index in [2.05, 4.69) is 55.4 Å². The first kappa shape index (κ1) is 19.9. The average Bonchev–Trinajstić information content (AvgIpc) is 3.10. The van der Waals surface area contributed by atoms with Gasteiger partial charge in [-0.25, -0.2) is 4.98 Å². The summed E-state index contributed by atoms with van der Waals surface area (Å²) in [6, 6.07) is 10.9. The monoisotopic (exact) mass is 446 g/mol. The van der Waals surface area contributed by atoms with Crippen molar-refractivity contribution >= 4 is 22.7 Å². The van der Waals surface area contributed by atoms with Gasteiger partial charge in [0.15, 0.2) is 17.3 Å². The van der Waals surface area contributed by atoms with Gasteiger partial charge < -0.3 is 13.9 Å². The number of hydrogen-bond acceptors (Lipinski definition) is 7. The molecule has 4 heterocycles. The molecule has 7 nitrogen and oxygen atoms in total. The van der Waals surface area contributed by atoms with Gasteiger partial charge in [-0.3, -0.25) is 4.98 Å². The molecule has 2 atom stereocenters. The van der Waals surface area contributed by atoms with Crippen LogP contribution in [0.4, 0.5) is 0 Å². The van der Waals surface area contributed by atoms with Gasteiger partial charge in [0.05, 0.1) is 11.2 Å². The molecule has 1 saturated heterocycles. The third-order valence-corrected chi connectivity index (χ3v) is 8.14. The first-order valence-electron chi connectivity index (χ1n) is 11.1. The number of aryl methyl sites for hydroxylation is 1. The zero-order valence-corrected chi connectivity index (χ0v) is 19.2. The highest BCUT2D eigenvalue weighted by Crippen LogP contribution is 2.60. The summed E-state index contributed by atoms with van der Waals surface area (Å²) in [5, 5.41) is 10.9. The molecule has 0 unspecified atom stereocenters. The Hall–Kier alpha value is -2.71. The summed E-state index contributed by atoms with van der Waals surface area (Å²) in [5.74, 6) is 3.23. The molecule has 0 N–H and O–H groups in total. The maximum Gasteiger partial charge on any atom is 0.202 e. The fraction of sp³-hybridized carbons (Fsp3) is 0.417. The molecule has 2 fully saturated rings. The molecule has 8 heteroatoms. The van der Waals surface area contributed by atoms with Crippen molar-refractivity contribution in [2.75, 3.05) is 25.4 Å². The van der Waals surface area contributed by atoms with E-state index in [0.29, 0.717) is 11.2 Å². The number of fused-ring (bicyclic) bond motifs is 2. The number of piperidine rings is 1. The van der Waals surface area contributed by atoms with Crippen LogP contribution in [0.3, 0.4) is 0 Å². The molecule has 6 rings (SSSR count). The zero-order valence-electron chi connectivity index (χ0n) is 18.4. The molecule has 32 heavy (non-hydrogen) atoms. The maximum absolute atomic E-state index is 5.47. The molecule has 0 amide bonds. The van der Waals surface area contributed by atoms with Gasteiger partial charge in [-0.15, -0.1) is 10.2 Å². The highest BCUT2D eigenvalue weighted by Gasteiger charge is 2.60. The Morgan fingerprint density at radius 2 is 2.12 bits per heavy atom. The Morgan fingerprint density at radius 1 is 1.19 bits per heavy atom. The van der Waals surface area contributed by atoms with Crippen LogP contribution in [0.25, 0.3) is 22.5 Å². The van der Waals surface area contributed by atoms with Crippen LogP contribution in [-0.4, -0.2) is 55.0 Å². The molecule has 0 bridgehead atoms. The van der Waals surface area contributed by atoms with Crippen LogP contribution < -0.4 is 0 Å². The summed E-state index contributed by atoms with van der Waals surface area (Å²) in [5.41, 5.74) is 3.78. The van der Waals surface area contributed by atoms with E-state index in [9.17, 15) is 0 Å². The summed E-state index contributed by atoms with van der Waals surface area (Å²) in [6.45, 7) is 5.41. The van der Waals surface area contributed by atoms with E-state index in [1.54, 1.807) is 11.8 Å². The number of hydrogen-bond donors (Lipinski definition) is 0. The van der Waals surface area contributed by atoms with E-state index < -0.39 is 0 Å². The van der Waals surface area contributed by atoms with Crippen LogP contribution in [0.5, 0.6) is 0 Å². The van der Waals surface area contributed by atoms with Gasteiger partial charge in [0.1, 0.15) is 0 Å². The zero-order chi connectivity index (χ0) is 21.7. The van der Waals surface area contributed by atoms with Gasteiger partial charge in [0.25, 0.3) is 0 Å². The number of rotatable bonds is 7. The predicted molar refractivity (Wildman–Crippen MR) is 125 cm³/mol. The Labute approximate surface area is 191 Å². The van der Waals surface area contributed by atoms with Gasteiger partial charge in [-0.2, -0.15) is 0 Å². The van der Waals surface area contributed by atoms with Crippen LogP contribution in [0.1, 0.15) is 24.1 Å². The Morgan fingerprint density at radius 3 is 3.00 bits per heavy atom. The molecule has 1 saturated carbocycles. The van der Waals surface area contributed by atoms with E-state index in [4.69, 9.17) is 4.42 Å². The van der Waals surface area contributed by atoms with Crippen molar-refractivity contribution in [1.82, 2.24) is 29.6 Å². The van der Waals surface area contributed by atoms with E-state index >= 15 is 0 Å². The SMILES string of the molecule is Cc1ncoc1-c1nnc(SCCCN2C[C@@H]3C[C@]3(c3cccc4ncccc34)C2)n1C. The fourth-order valence-corrected chi connectivity index (χ4v) is 6.15. The molecule has 1 aromatic carbocycles. The van der Waals surface area contributed by atoms with Crippen LogP contribution in [0.15, 0.2) is 52.5 Å². The number of likely N-dealkylation sites (tertiary alicyclic amines) is 1. The lowest BCUT2D eigenvalue weighted by molar-refractivity contribution is 0.300. The van der Waals surface area contributed by atoms with E-state index in [0.717, 1.165) is 53.4 Å². The Bertz CT molecular complexity index is 1280. The summed E-state index contributed by atoms with van der Waals surface area (Å²) >= 11 is 1.76. The first-order valence-corrected chi connectivity index (χ1v) is 12.1. The second kappa shape index (κ2) is 7.71. The lowest BCUT2D eigenvalue weighted by Gasteiger charge is -2.21. The van der Waals surface area contributed by atoms with Crippen molar-refractivity contribution in [3.8, 4) is 11.6 Å². The minimum Gasteiger partial charge on any atom is -0.440 e. The molecule has 1 aliphatic carbocycles. The van der Waals surface area contributed by atoms with Gasteiger partial charge in [-0.1, -0.05) is 30.0 Å². The van der Waals surface area contributed by atoms with Gasteiger partial charge >= 0.3 is 0 Å². The van der Waals surface area contributed by atoms with Crippen molar-refractivity contribution in [3.63, 3.8) is 0 Å². The second-order valence-electron chi connectivity index (χ2n) is 9.00. The van der Waals surface area contributed by atoms with E-state index in [1.165, 1.54) is 30.3 Å². The lowest BCUT2D eigenvalue weighted by atomic mass is 9.91. The third-order valence-electron chi connectivity index (χ3n) is 7.03. The summed E-state index contributed by atoms with van der Waals surface area (Å²) < 4.78 is 7.46. The number of pyridine rings is 1. The van der Waals surface area contributed by atoms with Crippen LogP contribution >= 0.6 is 11.8 Å². The van der Waals surface area contributed by atoms with Gasteiger partial charge in [0.2, 0.25) is 5.82 Å². The molecular weight excluding hydrogens is 420 g/mol. The number of oxazole rings is 1. The van der Waals surface area contributed by atoms with Crippen molar-refractivity contribution < 1.29 is 4.42 Å². The third kappa shape index (κ3) is 3.24. The number of thioether (sulfide) groups is 1. The van der Waals surface area contributed by atoms with Crippen molar-refractivity contribution in [3.05, 3.63) is 54.2 Å². The van der Waals surface area contributed by atoms with Crippen LogP contribution in [0, 0.1) is 12.8 Å². The second-order valence-corrected chi connectivity index (χ2v) is 10.1. The molecule has 1 aliphatic heterocycles. The topological polar surface area (TPSA) is 72.9 Å². The van der Waals surface area contributed by atoms with Crippen molar-refractivity contribution in [2.24, 2.45) is 13.0 Å². The lowest BCUT2D eigenvalue weighted by Crippen LogP contribution is -2.28. The average molecular weight is 447 g/mol. The number of nitrogens with zero attached hydrogens (tertiary/aromatic N) is 6. The smallest absolute Gasteiger partial charge is 0.202 e.